The third-order valence-corrected chi connectivity index (χ3v) is 2.82. The summed E-state index contributed by atoms with van der Waals surface area (Å²) in [7, 11) is 0. The predicted molar refractivity (Wildman–Crippen MR) is 78.6 cm³/mol. The second-order valence-corrected chi connectivity index (χ2v) is 4.52. The Hall–Kier alpha value is -1.99. The number of carboxylic acids is 1. The van der Waals surface area contributed by atoms with Gasteiger partial charge in [0.15, 0.2) is 0 Å². The van der Waals surface area contributed by atoms with E-state index in [0.29, 0.717) is 0 Å². The zero-order valence-corrected chi connectivity index (χ0v) is 11.6. The van der Waals surface area contributed by atoms with Crippen molar-refractivity contribution in [2.45, 2.75) is 32.2 Å². The Morgan fingerprint density at radius 1 is 1.25 bits per heavy atom. The van der Waals surface area contributed by atoms with Gasteiger partial charge in [0.05, 0.1) is 0 Å². The van der Waals surface area contributed by atoms with Crippen molar-refractivity contribution >= 4 is 5.97 Å². The molecule has 2 N–H and O–H groups in total. The summed E-state index contributed by atoms with van der Waals surface area (Å²) in [6.07, 6.45) is 8.07. The third kappa shape index (κ3) is 7.45. The molecule has 0 bridgehead atoms. The summed E-state index contributed by atoms with van der Waals surface area (Å²) in [6, 6.07) is 7.81. The number of nitrogens with one attached hydrogen (secondary N) is 1. The van der Waals surface area contributed by atoms with E-state index in [2.05, 4.69) is 11.2 Å². The van der Waals surface area contributed by atoms with Gasteiger partial charge in [-0.05, 0) is 37.1 Å². The van der Waals surface area contributed by atoms with Crippen LogP contribution >= 0.6 is 0 Å². The summed E-state index contributed by atoms with van der Waals surface area (Å²) in [5.74, 6) is 2.49. The molecule has 0 aromatic heterocycles. The third-order valence-electron chi connectivity index (χ3n) is 2.82. The second-order valence-electron chi connectivity index (χ2n) is 4.52. The fourth-order valence-electron chi connectivity index (χ4n) is 1.76. The van der Waals surface area contributed by atoms with Crippen molar-refractivity contribution in [3.8, 4) is 18.1 Å². The molecule has 0 radical (unpaired) electrons. The molecule has 4 nitrogen and oxygen atoms in total. The van der Waals surface area contributed by atoms with Crippen LogP contribution in [-0.2, 0) is 11.3 Å². The maximum absolute atomic E-state index is 10.3. The lowest BCUT2D eigenvalue weighted by atomic mass is 10.2. The van der Waals surface area contributed by atoms with Gasteiger partial charge in [-0.3, -0.25) is 4.79 Å². The molecule has 0 spiro atoms. The molecule has 0 fully saturated rings. The van der Waals surface area contributed by atoms with E-state index in [1.807, 2.05) is 24.3 Å². The Kier molecular flexibility index (Phi) is 7.93. The van der Waals surface area contributed by atoms with Crippen molar-refractivity contribution in [3.63, 3.8) is 0 Å². The van der Waals surface area contributed by atoms with Gasteiger partial charge in [0.1, 0.15) is 12.4 Å². The number of carboxylic acid groups (broad SMARTS) is 1. The fourth-order valence-corrected chi connectivity index (χ4v) is 1.76. The standard InChI is InChI=1S/C16H21NO3/c1-2-12-20-15-9-7-14(8-10-15)13-17-11-5-3-4-6-16(18)19/h1,7-10,17H,3-6,11-13H2,(H,18,19). The Bertz CT molecular complexity index is 434. The lowest BCUT2D eigenvalue weighted by molar-refractivity contribution is -0.137. The minimum atomic E-state index is -0.717. The first-order valence-corrected chi connectivity index (χ1v) is 6.80. The molecular weight excluding hydrogens is 254 g/mol. The van der Waals surface area contributed by atoms with Gasteiger partial charge < -0.3 is 15.2 Å². The highest BCUT2D eigenvalue weighted by molar-refractivity contribution is 5.66. The maximum Gasteiger partial charge on any atom is 0.303 e. The van der Waals surface area contributed by atoms with E-state index in [-0.39, 0.29) is 13.0 Å². The molecule has 0 saturated heterocycles. The number of hydrogen-bond acceptors (Lipinski definition) is 3. The predicted octanol–water partition coefficient (Wildman–Crippen LogP) is 2.43. The topological polar surface area (TPSA) is 58.6 Å². The number of ether oxygens (including phenoxy) is 1. The Morgan fingerprint density at radius 2 is 2.00 bits per heavy atom. The highest BCUT2D eigenvalue weighted by atomic mass is 16.5. The van der Waals surface area contributed by atoms with Crippen molar-refractivity contribution in [3.05, 3.63) is 29.8 Å². The lowest BCUT2D eigenvalue weighted by Crippen LogP contribution is -2.14. The van der Waals surface area contributed by atoms with Crippen LogP contribution in [0.4, 0.5) is 0 Å². The van der Waals surface area contributed by atoms with Crippen LogP contribution in [0.2, 0.25) is 0 Å². The van der Waals surface area contributed by atoms with Crippen LogP contribution in [0.3, 0.4) is 0 Å². The summed E-state index contributed by atoms with van der Waals surface area (Å²) in [4.78, 5) is 10.3. The SMILES string of the molecule is C#CCOc1ccc(CNCCCCCC(=O)O)cc1. The van der Waals surface area contributed by atoms with Gasteiger partial charge in [0.2, 0.25) is 0 Å². The summed E-state index contributed by atoms with van der Waals surface area (Å²) >= 11 is 0. The quantitative estimate of drug-likeness (QED) is 0.508. The van der Waals surface area contributed by atoms with E-state index in [9.17, 15) is 4.79 Å². The van der Waals surface area contributed by atoms with Crippen LogP contribution in [0.5, 0.6) is 5.75 Å². The molecule has 0 unspecified atom stereocenters. The van der Waals surface area contributed by atoms with Crippen molar-refractivity contribution < 1.29 is 14.6 Å². The highest BCUT2D eigenvalue weighted by Crippen LogP contribution is 2.11. The summed E-state index contributed by atoms with van der Waals surface area (Å²) in [6.45, 7) is 1.98. The molecule has 0 heterocycles. The van der Waals surface area contributed by atoms with Gasteiger partial charge in [0.25, 0.3) is 0 Å². The monoisotopic (exact) mass is 275 g/mol. The number of unbranched alkanes of at least 4 members (excludes halogenated alkanes) is 2. The van der Waals surface area contributed by atoms with Crippen molar-refractivity contribution in [2.24, 2.45) is 0 Å². The Labute approximate surface area is 120 Å². The molecule has 1 aromatic carbocycles. The molecular formula is C16H21NO3. The number of terminal acetylenes is 1. The lowest BCUT2D eigenvalue weighted by Gasteiger charge is -2.06. The van der Waals surface area contributed by atoms with Crippen LogP contribution in [0.15, 0.2) is 24.3 Å². The largest absolute Gasteiger partial charge is 0.481 e. The number of benzene rings is 1. The first kappa shape index (κ1) is 16.1. The maximum atomic E-state index is 10.3. The molecule has 0 atom stereocenters. The number of rotatable bonds is 10. The van der Waals surface area contributed by atoms with Crippen LogP contribution in [0.25, 0.3) is 0 Å². The summed E-state index contributed by atoms with van der Waals surface area (Å²) in [5, 5.41) is 11.8. The Morgan fingerprint density at radius 3 is 2.65 bits per heavy atom. The van der Waals surface area contributed by atoms with E-state index in [1.54, 1.807) is 0 Å². The van der Waals surface area contributed by atoms with Gasteiger partial charge in [-0.1, -0.05) is 24.5 Å². The van der Waals surface area contributed by atoms with Crippen molar-refractivity contribution in [1.82, 2.24) is 5.32 Å². The van der Waals surface area contributed by atoms with Gasteiger partial charge >= 0.3 is 5.97 Å². The van der Waals surface area contributed by atoms with Crippen LogP contribution in [0, 0.1) is 12.3 Å². The molecule has 108 valence electrons. The van der Waals surface area contributed by atoms with Gasteiger partial charge in [0, 0.05) is 13.0 Å². The number of hydrogen-bond donors (Lipinski definition) is 2. The fraction of sp³-hybridized carbons (Fsp3) is 0.438. The molecule has 1 rings (SSSR count). The van der Waals surface area contributed by atoms with Gasteiger partial charge in [-0.25, -0.2) is 0 Å². The van der Waals surface area contributed by atoms with Crippen LogP contribution in [0.1, 0.15) is 31.2 Å². The number of aliphatic carboxylic acids is 1. The smallest absolute Gasteiger partial charge is 0.303 e. The molecule has 0 amide bonds. The van der Waals surface area contributed by atoms with E-state index < -0.39 is 5.97 Å². The first-order chi connectivity index (χ1) is 9.72. The molecule has 0 aliphatic heterocycles. The minimum Gasteiger partial charge on any atom is -0.481 e. The molecule has 0 aliphatic carbocycles. The van der Waals surface area contributed by atoms with E-state index in [1.165, 1.54) is 5.56 Å². The molecule has 1 aromatic rings. The van der Waals surface area contributed by atoms with Gasteiger partial charge in [-0.2, -0.15) is 0 Å². The van der Waals surface area contributed by atoms with Crippen molar-refractivity contribution in [2.75, 3.05) is 13.2 Å². The average Bonchev–Trinajstić information content (AvgIpc) is 2.45. The second kappa shape index (κ2) is 9.88. The molecule has 20 heavy (non-hydrogen) atoms. The normalized spacial score (nSPS) is 9.95. The molecule has 4 heteroatoms. The molecule has 0 saturated carbocycles. The molecule has 0 aliphatic rings. The van der Waals surface area contributed by atoms with Gasteiger partial charge in [-0.15, -0.1) is 6.42 Å². The average molecular weight is 275 g/mol. The minimum absolute atomic E-state index is 0.263. The van der Waals surface area contributed by atoms with E-state index in [4.69, 9.17) is 16.3 Å². The highest BCUT2D eigenvalue weighted by Gasteiger charge is 1.97. The first-order valence-electron chi connectivity index (χ1n) is 6.80. The van der Waals surface area contributed by atoms with E-state index in [0.717, 1.165) is 38.1 Å². The summed E-state index contributed by atoms with van der Waals surface area (Å²) < 4.78 is 5.29. The van der Waals surface area contributed by atoms with Crippen LogP contribution < -0.4 is 10.1 Å². The number of carbonyl (C=O) groups is 1. The van der Waals surface area contributed by atoms with E-state index >= 15 is 0 Å². The van der Waals surface area contributed by atoms with Crippen LogP contribution in [-0.4, -0.2) is 24.2 Å². The zero-order valence-electron chi connectivity index (χ0n) is 11.6. The van der Waals surface area contributed by atoms with Crippen molar-refractivity contribution in [1.29, 1.82) is 0 Å². The Balaban J connectivity index is 2.10. The zero-order chi connectivity index (χ0) is 14.6. The summed E-state index contributed by atoms with van der Waals surface area (Å²) in [5.41, 5.74) is 1.18.